The van der Waals surface area contributed by atoms with Gasteiger partial charge in [0.1, 0.15) is 0 Å². The van der Waals surface area contributed by atoms with E-state index in [2.05, 4.69) is 23.2 Å². The molecule has 1 aromatic heterocycles. The molecule has 3 rings (SSSR count). The molecule has 2 aromatic rings. The van der Waals surface area contributed by atoms with Crippen molar-refractivity contribution in [1.82, 2.24) is 4.98 Å². The second-order valence-electron chi connectivity index (χ2n) is 4.44. The highest BCUT2D eigenvalue weighted by Crippen LogP contribution is 2.34. The van der Waals surface area contributed by atoms with Crippen molar-refractivity contribution in [3.8, 4) is 10.4 Å². The van der Waals surface area contributed by atoms with Crippen LogP contribution in [0.15, 0.2) is 29.9 Å². The SMILES string of the molecule is NC[C@@H]1OCCCc2c(-c3cncs3)cccc21. The fourth-order valence-corrected chi connectivity index (χ4v) is 3.20. The minimum atomic E-state index is 0.0374. The molecular weight excluding hydrogens is 244 g/mol. The maximum atomic E-state index is 5.82. The van der Waals surface area contributed by atoms with Crippen LogP contribution in [0.2, 0.25) is 0 Å². The summed E-state index contributed by atoms with van der Waals surface area (Å²) in [5.74, 6) is 0. The number of rotatable bonds is 2. The molecule has 4 heteroatoms. The van der Waals surface area contributed by atoms with Gasteiger partial charge in [-0.1, -0.05) is 18.2 Å². The summed E-state index contributed by atoms with van der Waals surface area (Å²) in [5.41, 5.74) is 11.6. The van der Waals surface area contributed by atoms with E-state index in [9.17, 15) is 0 Å². The molecule has 0 saturated carbocycles. The van der Waals surface area contributed by atoms with Crippen molar-refractivity contribution < 1.29 is 4.74 Å². The number of aromatic nitrogens is 1. The van der Waals surface area contributed by atoms with Crippen molar-refractivity contribution in [3.63, 3.8) is 0 Å². The van der Waals surface area contributed by atoms with Gasteiger partial charge >= 0.3 is 0 Å². The highest BCUT2D eigenvalue weighted by atomic mass is 32.1. The van der Waals surface area contributed by atoms with E-state index in [0.29, 0.717) is 6.54 Å². The average molecular weight is 260 g/mol. The van der Waals surface area contributed by atoms with Crippen molar-refractivity contribution in [2.45, 2.75) is 18.9 Å². The van der Waals surface area contributed by atoms with E-state index in [-0.39, 0.29) is 6.10 Å². The summed E-state index contributed by atoms with van der Waals surface area (Å²) in [4.78, 5) is 5.40. The first-order valence-corrected chi connectivity index (χ1v) is 7.10. The van der Waals surface area contributed by atoms with Gasteiger partial charge in [-0.2, -0.15) is 0 Å². The van der Waals surface area contributed by atoms with Crippen LogP contribution in [0.1, 0.15) is 23.7 Å². The minimum Gasteiger partial charge on any atom is -0.372 e. The Morgan fingerprint density at radius 3 is 3.17 bits per heavy atom. The molecule has 1 atom stereocenters. The van der Waals surface area contributed by atoms with Crippen molar-refractivity contribution in [2.75, 3.05) is 13.2 Å². The van der Waals surface area contributed by atoms with E-state index in [0.717, 1.165) is 19.4 Å². The van der Waals surface area contributed by atoms with E-state index in [1.807, 2.05) is 11.7 Å². The van der Waals surface area contributed by atoms with Crippen LogP contribution < -0.4 is 5.73 Å². The standard InChI is InChI=1S/C14H16N2OS/c15-7-13-11-3-1-4-12(14-8-16-9-18-14)10(11)5-2-6-17-13/h1,3-4,8-9,13H,2,5-7,15H2/t13-/m0/s1. The molecule has 2 heterocycles. The first-order valence-electron chi connectivity index (χ1n) is 6.22. The van der Waals surface area contributed by atoms with Crippen molar-refractivity contribution in [2.24, 2.45) is 5.73 Å². The van der Waals surface area contributed by atoms with Crippen LogP contribution in [0.25, 0.3) is 10.4 Å². The van der Waals surface area contributed by atoms with E-state index >= 15 is 0 Å². The van der Waals surface area contributed by atoms with Crippen LogP contribution in [0.4, 0.5) is 0 Å². The van der Waals surface area contributed by atoms with Gasteiger partial charge in [0.2, 0.25) is 0 Å². The number of fused-ring (bicyclic) bond motifs is 1. The highest BCUT2D eigenvalue weighted by molar-refractivity contribution is 7.13. The Hall–Kier alpha value is -1.23. The zero-order valence-electron chi connectivity index (χ0n) is 10.1. The number of hydrogen-bond acceptors (Lipinski definition) is 4. The van der Waals surface area contributed by atoms with Crippen molar-refractivity contribution in [3.05, 3.63) is 41.0 Å². The third-order valence-corrected chi connectivity index (χ3v) is 4.17. The minimum absolute atomic E-state index is 0.0374. The van der Waals surface area contributed by atoms with Crippen LogP contribution in [0.3, 0.4) is 0 Å². The second kappa shape index (κ2) is 5.18. The van der Waals surface area contributed by atoms with E-state index in [4.69, 9.17) is 10.5 Å². The van der Waals surface area contributed by atoms with Gasteiger partial charge in [0.05, 0.1) is 16.5 Å². The summed E-state index contributed by atoms with van der Waals surface area (Å²) in [7, 11) is 0. The lowest BCUT2D eigenvalue weighted by Crippen LogP contribution is -2.16. The Morgan fingerprint density at radius 2 is 2.39 bits per heavy atom. The number of benzene rings is 1. The number of hydrogen-bond donors (Lipinski definition) is 1. The van der Waals surface area contributed by atoms with Crippen LogP contribution in [0.5, 0.6) is 0 Å². The van der Waals surface area contributed by atoms with E-state index in [1.165, 1.54) is 21.6 Å². The smallest absolute Gasteiger partial charge is 0.0949 e. The van der Waals surface area contributed by atoms with Gasteiger partial charge in [0, 0.05) is 19.3 Å². The summed E-state index contributed by atoms with van der Waals surface area (Å²) in [6.07, 6.45) is 4.08. The number of thiazole rings is 1. The van der Waals surface area contributed by atoms with Gasteiger partial charge < -0.3 is 10.5 Å². The molecule has 0 radical (unpaired) electrons. The molecule has 18 heavy (non-hydrogen) atoms. The molecule has 1 aliphatic rings. The van der Waals surface area contributed by atoms with Crippen LogP contribution in [0, 0.1) is 0 Å². The molecule has 1 aromatic carbocycles. The highest BCUT2D eigenvalue weighted by Gasteiger charge is 2.20. The molecule has 0 aliphatic carbocycles. The summed E-state index contributed by atoms with van der Waals surface area (Å²) in [6.45, 7) is 1.33. The monoisotopic (exact) mass is 260 g/mol. The molecule has 0 amide bonds. The Labute approximate surface area is 111 Å². The normalized spacial score (nSPS) is 19.3. The Bertz CT molecular complexity index is 525. The third kappa shape index (κ3) is 2.07. The molecule has 1 aliphatic heterocycles. The predicted molar refractivity (Wildman–Crippen MR) is 73.6 cm³/mol. The Balaban J connectivity index is 2.12. The zero-order valence-corrected chi connectivity index (χ0v) is 11.0. The lowest BCUT2D eigenvalue weighted by atomic mass is 9.94. The lowest BCUT2D eigenvalue weighted by Gasteiger charge is -2.17. The Morgan fingerprint density at radius 1 is 1.44 bits per heavy atom. The van der Waals surface area contributed by atoms with Gasteiger partial charge in [0.15, 0.2) is 0 Å². The topological polar surface area (TPSA) is 48.1 Å². The maximum Gasteiger partial charge on any atom is 0.0949 e. The number of ether oxygens (including phenoxy) is 1. The molecule has 0 bridgehead atoms. The summed E-state index contributed by atoms with van der Waals surface area (Å²) in [6, 6.07) is 6.40. The van der Waals surface area contributed by atoms with Crippen molar-refractivity contribution in [1.29, 1.82) is 0 Å². The first-order chi connectivity index (χ1) is 8.90. The fourth-order valence-electron chi connectivity index (χ4n) is 2.52. The fraction of sp³-hybridized carbons (Fsp3) is 0.357. The van der Waals surface area contributed by atoms with E-state index in [1.54, 1.807) is 11.3 Å². The summed E-state index contributed by atoms with van der Waals surface area (Å²) in [5, 5.41) is 0. The van der Waals surface area contributed by atoms with Gasteiger partial charge in [-0.3, -0.25) is 4.98 Å². The third-order valence-electron chi connectivity index (χ3n) is 3.36. The molecule has 0 fully saturated rings. The van der Waals surface area contributed by atoms with Gasteiger partial charge in [-0.05, 0) is 29.5 Å². The zero-order chi connectivity index (χ0) is 12.4. The molecule has 3 nitrogen and oxygen atoms in total. The molecule has 94 valence electrons. The average Bonchev–Trinajstić information content (AvgIpc) is 2.85. The second-order valence-corrected chi connectivity index (χ2v) is 5.32. The summed E-state index contributed by atoms with van der Waals surface area (Å²) < 4.78 is 5.81. The molecule has 2 N–H and O–H groups in total. The number of nitrogens with two attached hydrogens (primary N) is 1. The molecule has 0 unspecified atom stereocenters. The van der Waals surface area contributed by atoms with Crippen LogP contribution in [-0.4, -0.2) is 18.1 Å². The molecule has 0 saturated heterocycles. The number of nitrogens with zero attached hydrogens (tertiary/aromatic N) is 1. The summed E-state index contributed by atoms with van der Waals surface area (Å²) >= 11 is 1.68. The van der Waals surface area contributed by atoms with Crippen LogP contribution >= 0.6 is 11.3 Å². The molecule has 0 spiro atoms. The Kier molecular flexibility index (Phi) is 3.41. The van der Waals surface area contributed by atoms with Crippen LogP contribution in [-0.2, 0) is 11.2 Å². The lowest BCUT2D eigenvalue weighted by molar-refractivity contribution is 0.0627. The van der Waals surface area contributed by atoms with Gasteiger partial charge in [-0.25, -0.2) is 0 Å². The first kappa shape index (κ1) is 11.8. The molecular formula is C14H16N2OS. The predicted octanol–water partition coefficient (Wildman–Crippen LogP) is 2.77. The maximum absolute atomic E-state index is 5.82. The van der Waals surface area contributed by atoms with E-state index < -0.39 is 0 Å². The van der Waals surface area contributed by atoms with Crippen molar-refractivity contribution >= 4 is 11.3 Å². The largest absolute Gasteiger partial charge is 0.372 e. The van der Waals surface area contributed by atoms with Gasteiger partial charge in [-0.15, -0.1) is 11.3 Å². The van der Waals surface area contributed by atoms with Gasteiger partial charge in [0.25, 0.3) is 0 Å². The quantitative estimate of drug-likeness (QED) is 0.903.